The molecule has 130 valence electrons. The lowest BCUT2D eigenvalue weighted by Gasteiger charge is -2.37. The van der Waals surface area contributed by atoms with E-state index in [0.717, 1.165) is 38.9 Å². The molecule has 2 aliphatic rings. The fourth-order valence-corrected chi connectivity index (χ4v) is 5.04. The molecule has 1 aromatic heterocycles. The fourth-order valence-electron chi connectivity index (χ4n) is 4.11. The molecule has 1 amide bonds. The Balaban J connectivity index is 0.00000192. The summed E-state index contributed by atoms with van der Waals surface area (Å²) in [7, 11) is 0. The van der Waals surface area contributed by atoms with Gasteiger partial charge in [-0.05, 0) is 67.6 Å². The Kier molecular flexibility index (Phi) is 6.93. The van der Waals surface area contributed by atoms with E-state index in [-0.39, 0.29) is 12.4 Å². The lowest BCUT2D eigenvalue weighted by molar-refractivity contribution is -0.135. The summed E-state index contributed by atoms with van der Waals surface area (Å²) >= 11 is 1.85. The van der Waals surface area contributed by atoms with Gasteiger partial charge in [0.25, 0.3) is 0 Å². The number of nitrogens with zero attached hydrogens (tertiary/aromatic N) is 1. The van der Waals surface area contributed by atoms with Gasteiger partial charge in [0.05, 0.1) is 6.04 Å². The first-order chi connectivity index (χ1) is 10.7. The molecule has 0 spiro atoms. The summed E-state index contributed by atoms with van der Waals surface area (Å²) in [5, 5.41) is 5.60. The van der Waals surface area contributed by atoms with Gasteiger partial charge in [-0.15, -0.1) is 23.7 Å². The number of nitrogens with one attached hydrogen (secondary N) is 1. The monoisotopic (exact) mass is 356 g/mol. The van der Waals surface area contributed by atoms with Gasteiger partial charge in [0, 0.05) is 17.8 Å². The predicted octanol–water partition coefficient (Wildman–Crippen LogP) is 4.03. The maximum atomic E-state index is 12.9. The first-order valence-electron chi connectivity index (χ1n) is 8.77. The molecule has 0 radical (unpaired) electrons. The van der Waals surface area contributed by atoms with Crippen molar-refractivity contribution in [3.63, 3.8) is 0 Å². The first kappa shape index (κ1) is 18.8. The average molecular weight is 357 g/mol. The van der Waals surface area contributed by atoms with Crippen molar-refractivity contribution in [2.24, 2.45) is 11.8 Å². The van der Waals surface area contributed by atoms with Crippen molar-refractivity contribution >= 4 is 29.7 Å². The van der Waals surface area contributed by atoms with Crippen LogP contribution < -0.4 is 5.32 Å². The largest absolute Gasteiger partial charge is 0.335 e. The van der Waals surface area contributed by atoms with E-state index in [1.54, 1.807) is 0 Å². The normalized spacial score (nSPS) is 23.0. The molecule has 2 aliphatic heterocycles. The number of piperidine rings is 1. The summed E-state index contributed by atoms with van der Waals surface area (Å²) in [6.07, 6.45) is 5.23. The Labute approximate surface area is 150 Å². The zero-order valence-corrected chi connectivity index (χ0v) is 15.8. The van der Waals surface area contributed by atoms with Crippen LogP contribution in [-0.4, -0.2) is 30.4 Å². The second-order valence-corrected chi connectivity index (χ2v) is 7.83. The van der Waals surface area contributed by atoms with Crippen LogP contribution in [0.1, 0.15) is 56.0 Å². The summed E-state index contributed by atoms with van der Waals surface area (Å²) in [4.78, 5) is 16.5. The highest BCUT2D eigenvalue weighted by Crippen LogP contribution is 2.36. The van der Waals surface area contributed by atoms with Gasteiger partial charge in [0.1, 0.15) is 0 Å². The molecule has 3 heterocycles. The third-order valence-electron chi connectivity index (χ3n) is 5.49. The number of rotatable bonds is 4. The smallest absolute Gasteiger partial charge is 0.223 e. The maximum Gasteiger partial charge on any atom is 0.223 e. The Morgan fingerprint density at radius 2 is 2.17 bits per heavy atom. The van der Waals surface area contributed by atoms with E-state index >= 15 is 0 Å². The highest BCUT2D eigenvalue weighted by atomic mass is 35.5. The molecule has 2 unspecified atom stereocenters. The number of carbonyl (C=O) groups excluding carboxylic acids is 1. The van der Waals surface area contributed by atoms with Crippen molar-refractivity contribution in [1.82, 2.24) is 10.2 Å². The van der Waals surface area contributed by atoms with Crippen molar-refractivity contribution in [2.45, 2.75) is 52.0 Å². The molecule has 5 heteroatoms. The molecule has 1 aromatic rings. The van der Waals surface area contributed by atoms with Crippen LogP contribution in [0.5, 0.6) is 0 Å². The second-order valence-electron chi connectivity index (χ2n) is 6.83. The number of carbonyl (C=O) groups is 1. The van der Waals surface area contributed by atoms with Gasteiger partial charge in [0.2, 0.25) is 5.91 Å². The topological polar surface area (TPSA) is 32.3 Å². The molecule has 0 bridgehead atoms. The summed E-state index contributed by atoms with van der Waals surface area (Å²) < 4.78 is 0. The van der Waals surface area contributed by atoms with Gasteiger partial charge in [-0.1, -0.05) is 13.8 Å². The van der Waals surface area contributed by atoms with Crippen LogP contribution in [0, 0.1) is 11.8 Å². The quantitative estimate of drug-likeness (QED) is 0.883. The van der Waals surface area contributed by atoms with Crippen LogP contribution in [0.15, 0.2) is 11.4 Å². The summed E-state index contributed by atoms with van der Waals surface area (Å²) in [6.45, 7) is 7.61. The minimum atomic E-state index is 0. The van der Waals surface area contributed by atoms with Crippen LogP contribution in [0.2, 0.25) is 0 Å². The van der Waals surface area contributed by atoms with E-state index in [0.29, 0.717) is 23.8 Å². The maximum absolute atomic E-state index is 12.9. The van der Waals surface area contributed by atoms with Gasteiger partial charge in [0.15, 0.2) is 0 Å². The predicted molar refractivity (Wildman–Crippen MR) is 99.4 cm³/mol. The van der Waals surface area contributed by atoms with Crippen molar-refractivity contribution in [3.05, 3.63) is 21.9 Å². The third-order valence-corrected chi connectivity index (χ3v) is 6.48. The van der Waals surface area contributed by atoms with E-state index in [4.69, 9.17) is 0 Å². The van der Waals surface area contributed by atoms with Gasteiger partial charge in [-0.2, -0.15) is 0 Å². The molecule has 1 N–H and O–H groups in total. The molecule has 0 aromatic carbocycles. The molecular weight excluding hydrogens is 328 g/mol. The highest BCUT2D eigenvalue weighted by molar-refractivity contribution is 7.10. The molecule has 2 atom stereocenters. The highest BCUT2D eigenvalue weighted by Gasteiger charge is 2.32. The SMILES string of the molecule is CCC1c2ccsc2CCN1C(=O)CC(C)C1CCNCC1.Cl. The van der Waals surface area contributed by atoms with Crippen molar-refractivity contribution in [2.75, 3.05) is 19.6 Å². The van der Waals surface area contributed by atoms with Gasteiger partial charge < -0.3 is 10.2 Å². The Morgan fingerprint density at radius 3 is 2.87 bits per heavy atom. The van der Waals surface area contributed by atoms with Gasteiger partial charge in [-0.3, -0.25) is 4.79 Å². The molecule has 23 heavy (non-hydrogen) atoms. The van der Waals surface area contributed by atoms with Crippen molar-refractivity contribution in [3.8, 4) is 0 Å². The molecule has 3 nitrogen and oxygen atoms in total. The minimum Gasteiger partial charge on any atom is -0.335 e. The summed E-state index contributed by atoms with van der Waals surface area (Å²) in [5.41, 5.74) is 1.40. The minimum absolute atomic E-state index is 0. The van der Waals surface area contributed by atoms with Crippen LogP contribution in [0.3, 0.4) is 0 Å². The molecule has 3 rings (SSSR count). The number of hydrogen-bond donors (Lipinski definition) is 1. The van der Waals surface area contributed by atoms with Crippen LogP contribution >= 0.6 is 23.7 Å². The molecule has 0 aliphatic carbocycles. The Hall–Kier alpha value is -0.580. The Bertz CT molecular complexity index is 513. The third kappa shape index (κ3) is 4.09. The summed E-state index contributed by atoms with van der Waals surface area (Å²) in [6, 6.07) is 2.53. The lowest BCUT2D eigenvalue weighted by Crippen LogP contribution is -2.41. The molecule has 1 fully saturated rings. The van der Waals surface area contributed by atoms with Crippen molar-refractivity contribution < 1.29 is 4.79 Å². The van der Waals surface area contributed by atoms with E-state index in [2.05, 4.69) is 35.5 Å². The van der Waals surface area contributed by atoms with E-state index in [1.165, 1.54) is 23.3 Å². The van der Waals surface area contributed by atoms with Gasteiger partial charge >= 0.3 is 0 Å². The van der Waals surface area contributed by atoms with E-state index in [1.807, 2.05) is 11.3 Å². The molecule has 0 saturated carbocycles. The molecule has 1 saturated heterocycles. The van der Waals surface area contributed by atoms with Crippen LogP contribution in [0.4, 0.5) is 0 Å². The average Bonchev–Trinajstić information content (AvgIpc) is 3.03. The first-order valence-corrected chi connectivity index (χ1v) is 9.65. The van der Waals surface area contributed by atoms with Gasteiger partial charge in [-0.25, -0.2) is 0 Å². The van der Waals surface area contributed by atoms with E-state index < -0.39 is 0 Å². The number of hydrogen-bond acceptors (Lipinski definition) is 3. The molecular formula is C18H29ClN2OS. The van der Waals surface area contributed by atoms with Crippen LogP contribution in [-0.2, 0) is 11.2 Å². The summed E-state index contributed by atoms with van der Waals surface area (Å²) in [5.74, 6) is 1.59. The lowest BCUT2D eigenvalue weighted by atomic mass is 9.83. The number of fused-ring (bicyclic) bond motifs is 1. The number of thiophene rings is 1. The van der Waals surface area contributed by atoms with E-state index in [9.17, 15) is 4.79 Å². The standard InChI is InChI=1S/C18H28N2OS.ClH/c1-3-16-15-7-11-22-17(15)6-10-20(16)18(21)12-13(2)14-4-8-19-9-5-14;/h7,11,13-14,16,19H,3-6,8-10,12H2,1-2H3;1H. The Morgan fingerprint density at radius 1 is 1.43 bits per heavy atom. The zero-order valence-electron chi connectivity index (χ0n) is 14.2. The zero-order chi connectivity index (χ0) is 15.5. The fraction of sp³-hybridized carbons (Fsp3) is 0.722. The van der Waals surface area contributed by atoms with Crippen molar-refractivity contribution in [1.29, 1.82) is 0 Å². The van der Waals surface area contributed by atoms with Crippen LogP contribution in [0.25, 0.3) is 0 Å². The second kappa shape index (κ2) is 8.50. The number of halogens is 1. The number of amides is 1.